The molecule has 9 aromatic carbocycles. The molecule has 0 saturated heterocycles. The Bertz CT molecular complexity index is 3000. The van der Waals surface area contributed by atoms with Gasteiger partial charge in [0.1, 0.15) is 0 Å². The van der Waals surface area contributed by atoms with E-state index in [0.29, 0.717) is 0 Å². The average molecular weight is 789 g/mol. The molecule has 290 valence electrons. The van der Waals surface area contributed by atoms with Crippen LogP contribution in [-0.4, -0.2) is 9.97 Å². The van der Waals surface area contributed by atoms with Gasteiger partial charge in [-0.2, -0.15) is 0 Å². The van der Waals surface area contributed by atoms with Crippen LogP contribution in [0.4, 0.5) is 0 Å². The summed E-state index contributed by atoms with van der Waals surface area (Å²) in [6, 6.07) is 86.6. The van der Waals surface area contributed by atoms with E-state index in [2.05, 4.69) is 218 Å². The van der Waals surface area contributed by atoms with Crippen LogP contribution in [0.5, 0.6) is 0 Å². The topological polar surface area (TPSA) is 25.8 Å². The Hall–Kier alpha value is -8.20. The summed E-state index contributed by atoms with van der Waals surface area (Å²) in [5.74, 6) is 0. The lowest BCUT2D eigenvalue weighted by molar-refractivity contribution is 1.32. The highest BCUT2D eigenvalue weighted by atomic mass is 14.7. The zero-order valence-electron chi connectivity index (χ0n) is 34.0. The Morgan fingerprint density at radius 2 is 0.419 bits per heavy atom. The first-order valence-electron chi connectivity index (χ1n) is 21.1. The molecule has 62 heavy (non-hydrogen) atoms. The molecule has 11 rings (SSSR count). The van der Waals surface area contributed by atoms with Crippen LogP contribution in [0.3, 0.4) is 0 Å². The zero-order chi connectivity index (χ0) is 41.2. The van der Waals surface area contributed by atoms with E-state index in [-0.39, 0.29) is 0 Å². The van der Waals surface area contributed by atoms with E-state index in [9.17, 15) is 0 Å². The van der Waals surface area contributed by atoms with E-state index in [0.717, 1.165) is 67.3 Å². The molecule has 0 aliphatic carbocycles. The molecule has 2 nitrogen and oxygen atoms in total. The molecule has 2 heterocycles. The number of aromatic nitrogens is 2. The van der Waals surface area contributed by atoms with Gasteiger partial charge in [0.05, 0.1) is 22.8 Å². The molecule has 0 bridgehead atoms. The minimum Gasteiger partial charge on any atom is -0.248 e. The Morgan fingerprint density at radius 1 is 0.177 bits per heavy atom. The van der Waals surface area contributed by atoms with Crippen LogP contribution in [0, 0.1) is 0 Å². The number of nitrogens with zero attached hydrogens (tertiary/aromatic N) is 2. The summed E-state index contributed by atoms with van der Waals surface area (Å²) < 4.78 is 0. The van der Waals surface area contributed by atoms with E-state index >= 15 is 0 Å². The lowest BCUT2D eigenvalue weighted by atomic mass is 9.84. The molecule has 2 aromatic heterocycles. The lowest BCUT2D eigenvalue weighted by Crippen LogP contribution is -1.93. The maximum Gasteiger partial charge on any atom is 0.0715 e. The summed E-state index contributed by atoms with van der Waals surface area (Å²) in [5.41, 5.74) is 17.5. The Kier molecular flexibility index (Phi) is 9.57. The van der Waals surface area contributed by atoms with Crippen molar-refractivity contribution in [2.75, 3.05) is 0 Å². The number of fused-ring (bicyclic) bond motifs is 3. The summed E-state index contributed by atoms with van der Waals surface area (Å²) in [4.78, 5) is 10.3. The number of hydrogen-bond acceptors (Lipinski definition) is 2. The monoisotopic (exact) mass is 788 g/mol. The SMILES string of the molecule is c1ccc(-c2cc(-c3ccc(-c4c(-c5ccc(-c6cc(-c7ccccc7)nc(-c7ccccc7)c6)cc5)c5ccccc5c5ccccc45)cc3)cc(-c3ccccc3)n2)cc1. The molecule has 0 radical (unpaired) electrons. The molecule has 0 amide bonds. The van der Waals surface area contributed by atoms with Gasteiger partial charge in [-0.25, -0.2) is 9.97 Å². The predicted molar refractivity (Wildman–Crippen MR) is 261 cm³/mol. The average Bonchev–Trinajstić information content (AvgIpc) is 3.37. The van der Waals surface area contributed by atoms with Gasteiger partial charge in [-0.05, 0) is 90.3 Å². The minimum atomic E-state index is 0.955. The van der Waals surface area contributed by atoms with Crippen molar-refractivity contribution >= 4 is 21.5 Å². The highest BCUT2D eigenvalue weighted by molar-refractivity contribution is 6.21. The van der Waals surface area contributed by atoms with Crippen molar-refractivity contribution < 1.29 is 0 Å². The maximum atomic E-state index is 5.13. The van der Waals surface area contributed by atoms with E-state index in [1.807, 2.05) is 24.3 Å². The van der Waals surface area contributed by atoms with E-state index < -0.39 is 0 Å². The standard InChI is InChI=1S/C60H40N2/c1-5-17-43(18-6-1)55-37-49(38-56(61-55)44-19-7-2-8-20-44)41-29-33-47(34-30-41)59-53-27-15-13-25-51(53)52-26-14-16-28-54(52)60(59)48-35-31-42(32-36-48)50-39-57(45-21-9-3-10-22-45)62-58(40-50)46-23-11-4-12-24-46/h1-40H. The first-order valence-corrected chi connectivity index (χ1v) is 21.1. The van der Waals surface area contributed by atoms with Gasteiger partial charge in [0.2, 0.25) is 0 Å². The molecule has 0 unspecified atom stereocenters. The Labute approximate surface area is 362 Å². The molecule has 0 N–H and O–H groups in total. The fraction of sp³-hybridized carbons (Fsp3) is 0. The van der Waals surface area contributed by atoms with Gasteiger partial charge < -0.3 is 0 Å². The van der Waals surface area contributed by atoms with Crippen molar-refractivity contribution in [2.24, 2.45) is 0 Å². The first kappa shape index (κ1) is 36.8. The van der Waals surface area contributed by atoms with Gasteiger partial charge in [-0.1, -0.05) is 218 Å². The third-order valence-corrected chi connectivity index (χ3v) is 11.9. The van der Waals surface area contributed by atoms with Crippen LogP contribution in [0.1, 0.15) is 0 Å². The quantitative estimate of drug-likeness (QED) is 0.143. The Morgan fingerprint density at radius 3 is 0.710 bits per heavy atom. The smallest absolute Gasteiger partial charge is 0.0715 e. The molecule has 0 aliphatic rings. The number of pyridine rings is 2. The van der Waals surface area contributed by atoms with Gasteiger partial charge in [0.15, 0.2) is 0 Å². The van der Waals surface area contributed by atoms with E-state index in [1.165, 1.54) is 43.8 Å². The normalized spacial score (nSPS) is 11.2. The van der Waals surface area contributed by atoms with Crippen molar-refractivity contribution in [2.45, 2.75) is 0 Å². The van der Waals surface area contributed by atoms with Crippen LogP contribution in [0.2, 0.25) is 0 Å². The van der Waals surface area contributed by atoms with E-state index in [1.54, 1.807) is 0 Å². The summed E-state index contributed by atoms with van der Waals surface area (Å²) >= 11 is 0. The summed E-state index contributed by atoms with van der Waals surface area (Å²) in [6.07, 6.45) is 0. The zero-order valence-corrected chi connectivity index (χ0v) is 34.0. The van der Waals surface area contributed by atoms with Crippen LogP contribution in [-0.2, 0) is 0 Å². The molecule has 0 aliphatic heterocycles. The summed E-state index contributed by atoms with van der Waals surface area (Å²) in [7, 11) is 0. The fourth-order valence-corrected chi connectivity index (χ4v) is 8.82. The van der Waals surface area contributed by atoms with Crippen LogP contribution in [0.25, 0.3) is 111 Å². The molecule has 0 spiro atoms. The third kappa shape index (κ3) is 7.04. The van der Waals surface area contributed by atoms with Crippen molar-refractivity contribution in [3.63, 3.8) is 0 Å². The van der Waals surface area contributed by atoms with Crippen molar-refractivity contribution in [1.82, 2.24) is 9.97 Å². The predicted octanol–water partition coefficient (Wildman–Crippen LogP) is 16.1. The summed E-state index contributed by atoms with van der Waals surface area (Å²) in [6.45, 7) is 0. The van der Waals surface area contributed by atoms with Crippen LogP contribution < -0.4 is 0 Å². The second kappa shape index (κ2) is 16.1. The number of benzene rings is 9. The minimum absolute atomic E-state index is 0.955. The molecule has 0 atom stereocenters. The molecule has 11 aromatic rings. The highest BCUT2D eigenvalue weighted by Crippen LogP contribution is 2.45. The highest BCUT2D eigenvalue weighted by Gasteiger charge is 2.19. The molecular formula is C60H40N2. The van der Waals surface area contributed by atoms with E-state index in [4.69, 9.17) is 9.97 Å². The van der Waals surface area contributed by atoms with Crippen molar-refractivity contribution in [3.8, 4) is 89.5 Å². The molecule has 0 saturated carbocycles. The molecular weight excluding hydrogens is 749 g/mol. The third-order valence-electron chi connectivity index (χ3n) is 11.9. The van der Waals surface area contributed by atoms with Crippen molar-refractivity contribution in [3.05, 3.63) is 243 Å². The van der Waals surface area contributed by atoms with Crippen LogP contribution >= 0.6 is 0 Å². The summed E-state index contributed by atoms with van der Waals surface area (Å²) in [5, 5.41) is 4.95. The maximum absolute atomic E-state index is 5.13. The van der Waals surface area contributed by atoms with Gasteiger partial charge in [-0.3, -0.25) is 0 Å². The van der Waals surface area contributed by atoms with Gasteiger partial charge in [-0.15, -0.1) is 0 Å². The second-order valence-corrected chi connectivity index (χ2v) is 15.7. The second-order valence-electron chi connectivity index (χ2n) is 15.7. The molecule has 2 heteroatoms. The van der Waals surface area contributed by atoms with Gasteiger partial charge in [0.25, 0.3) is 0 Å². The van der Waals surface area contributed by atoms with Crippen LogP contribution in [0.15, 0.2) is 243 Å². The van der Waals surface area contributed by atoms with Gasteiger partial charge in [0, 0.05) is 22.3 Å². The number of rotatable bonds is 8. The fourth-order valence-electron chi connectivity index (χ4n) is 8.82. The largest absolute Gasteiger partial charge is 0.248 e. The Balaban J connectivity index is 1.04. The van der Waals surface area contributed by atoms with Crippen molar-refractivity contribution in [1.29, 1.82) is 0 Å². The molecule has 0 fully saturated rings. The van der Waals surface area contributed by atoms with Gasteiger partial charge >= 0.3 is 0 Å². The lowest BCUT2D eigenvalue weighted by Gasteiger charge is -2.19. The first-order chi connectivity index (χ1) is 30.7. The number of hydrogen-bond donors (Lipinski definition) is 0.